The number of aromatic nitrogens is 3. The number of aromatic amines is 1. The third kappa shape index (κ3) is 2.71. The van der Waals surface area contributed by atoms with Crippen LogP contribution in [0, 0.1) is 6.92 Å². The highest BCUT2D eigenvalue weighted by molar-refractivity contribution is 7.11. The topological polar surface area (TPSA) is 82.7 Å². The first-order valence-electron chi connectivity index (χ1n) is 6.99. The maximum absolute atomic E-state index is 12.5. The molecule has 0 aromatic carbocycles. The Morgan fingerprint density at radius 2 is 2.29 bits per heavy atom. The van der Waals surface area contributed by atoms with Gasteiger partial charge in [-0.25, -0.2) is 4.98 Å². The molecular weight excluding hydrogens is 286 g/mol. The highest BCUT2D eigenvalue weighted by atomic mass is 32.1. The average molecular weight is 305 g/mol. The molecule has 7 heteroatoms. The number of thiazole rings is 1. The summed E-state index contributed by atoms with van der Waals surface area (Å²) >= 11 is 1.60. The lowest BCUT2D eigenvalue weighted by Gasteiger charge is -2.23. The minimum atomic E-state index is -0.510. The molecule has 1 aliphatic heterocycles. The van der Waals surface area contributed by atoms with E-state index in [1.165, 1.54) is 0 Å². The van der Waals surface area contributed by atoms with Crippen molar-refractivity contribution >= 4 is 17.2 Å². The third-order valence-corrected chi connectivity index (χ3v) is 4.84. The molecule has 21 heavy (non-hydrogen) atoms. The molecule has 112 valence electrons. The van der Waals surface area contributed by atoms with Crippen molar-refractivity contribution in [1.29, 1.82) is 0 Å². The van der Waals surface area contributed by atoms with Crippen LogP contribution in [0.1, 0.15) is 45.5 Å². The van der Waals surface area contributed by atoms with Gasteiger partial charge >= 0.3 is 0 Å². The second-order valence-electron chi connectivity index (χ2n) is 5.81. The number of amides is 1. The standard InChI is InChI=1S/C14H19N5OS/c1-8-6-16-13(21-8)14(2,3)17-12(20)11-9-7-15-5-4-10(9)18-19-11/h6,15H,4-5,7H2,1-3H3,(H,17,20)(H,18,19). The second kappa shape index (κ2) is 5.23. The summed E-state index contributed by atoms with van der Waals surface area (Å²) in [5.74, 6) is -0.158. The molecular formula is C14H19N5OS. The summed E-state index contributed by atoms with van der Waals surface area (Å²) in [7, 11) is 0. The van der Waals surface area contributed by atoms with Crippen molar-refractivity contribution in [2.75, 3.05) is 6.54 Å². The normalized spacial score (nSPS) is 14.8. The van der Waals surface area contributed by atoms with Gasteiger partial charge in [0.15, 0.2) is 5.69 Å². The molecule has 0 spiro atoms. The molecule has 3 rings (SSSR count). The van der Waals surface area contributed by atoms with Crippen molar-refractivity contribution in [3.63, 3.8) is 0 Å². The van der Waals surface area contributed by atoms with Crippen LogP contribution in [-0.2, 0) is 18.5 Å². The SMILES string of the molecule is Cc1cnc(C(C)(C)NC(=O)c2n[nH]c3c2CNCC3)s1. The van der Waals surface area contributed by atoms with Crippen LogP contribution < -0.4 is 10.6 Å². The summed E-state index contributed by atoms with van der Waals surface area (Å²) in [5, 5.41) is 14.4. The van der Waals surface area contributed by atoms with Crippen LogP contribution >= 0.6 is 11.3 Å². The van der Waals surface area contributed by atoms with Crippen molar-refractivity contribution < 1.29 is 4.79 Å². The van der Waals surface area contributed by atoms with Crippen LogP contribution in [0.3, 0.4) is 0 Å². The smallest absolute Gasteiger partial charge is 0.272 e. The third-order valence-electron chi connectivity index (χ3n) is 3.60. The number of H-pyrrole nitrogens is 1. The van der Waals surface area contributed by atoms with E-state index in [4.69, 9.17) is 0 Å². The van der Waals surface area contributed by atoms with Gasteiger partial charge in [-0.15, -0.1) is 11.3 Å². The Balaban J connectivity index is 1.81. The van der Waals surface area contributed by atoms with Crippen molar-refractivity contribution in [2.24, 2.45) is 0 Å². The van der Waals surface area contributed by atoms with Gasteiger partial charge in [0, 0.05) is 41.8 Å². The summed E-state index contributed by atoms with van der Waals surface area (Å²) in [5.41, 5.74) is 2.01. The lowest BCUT2D eigenvalue weighted by Crippen LogP contribution is -2.41. The number of fused-ring (bicyclic) bond motifs is 1. The van der Waals surface area contributed by atoms with Gasteiger partial charge in [0.05, 0.1) is 5.54 Å². The molecule has 1 aliphatic rings. The van der Waals surface area contributed by atoms with E-state index in [9.17, 15) is 4.79 Å². The van der Waals surface area contributed by atoms with E-state index in [1.807, 2.05) is 27.0 Å². The van der Waals surface area contributed by atoms with Gasteiger partial charge in [0.2, 0.25) is 0 Å². The van der Waals surface area contributed by atoms with Gasteiger partial charge in [-0.2, -0.15) is 5.10 Å². The molecule has 0 bridgehead atoms. The molecule has 6 nitrogen and oxygen atoms in total. The first kappa shape index (κ1) is 14.2. The van der Waals surface area contributed by atoms with Crippen molar-refractivity contribution in [1.82, 2.24) is 25.8 Å². The van der Waals surface area contributed by atoms with Crippen molar-refractivity contribution in [2.45, 2.75) is 39.3 Å². The molecule has 0 fully saturated rings. The predicted molar refractivity (Wildman–Crippen MR) is 81.3 cm³/mol. The van der Waals surface area contributed by atoms with E-state index in [2.05, 4.69) is 25.8 Å². The lowest BCUT2D eigenvalue weighted by atomic mass is 10.0. The van der Waals surface area contributed by atoms with Crippen LogP contribution in [-0.4, -0.2) is 27.6 Å². The molecule has 0 unspecified atom stereocenters. The van der Waals surface area contributed by atoms with Gasteiger partial charge in [-0.1, -0.05) is 0 Å². The Kier molecular flexibility index (Phi) is 3.54. The Morgan fingerprint density at radius 1 is 1.48 bits per heavy atom. The highest BCUT2D eigenvalue weighted by Gasteiger charge is 2.29. The number of nitrogens with one attached hydrogen (secondary N) is 3. The van der Waals surface area contributed by atoms with E-state index in [0.717, 1.165) is 34.1 Å². The highest BCUT2D eigenvalue weighted by Crippen LogP contribution is 2.25. The maximum Gasteiger partial charge on any atom is 0.272 e. The number of aryl methyl sites for hydroxylation is 1. The first-order chi connectivity index (χ1) is 9.97. The molecule has 3 heterocycles. The van der Waals surface area contributed by atoms with Crippen LogP contribution in [0.2, 0.25) is 0 Å². The van der Waals surface area contributed by atoms with E-state index >= 15 is 0 Å². The molecule has 1 amide bonds. The lowest BCUT2D eigenvalue weighted by molar-refractivity contribution is 0.0905. The van der Waals surface area contributed by atoms with Gasteiger partial charge in [0.25, 0.3) is 5.91 Å². The van der Waals surface area contributed by atoms with Crippen LogP contribution in [0.4, 0.5) is 0 Å². The number of rotatable bonds is 3. The molecule has 3 N–H and O–H groups in total. The Labute approximate surface area is 127 Å². The van der Waals surface area contributed by atoms with E-state index < -0.39 is 5.54 Å². The molecule has 0 saturated heterocycles. The van der Waals surface area contributed by atoms with Crippen LogP contribution in [0.5, 0.6) is 0 Å². The number of hydrogen-bond donors (Lipinski definition) is 3. The molecule has 0 saturated carbocycles. The largest absolute Gasteiger partial charge is 0.339 e. The number of carbonyl (C=O) groups is 1. The minimum absolute atomic E-state index is 0.158. The molecule has 0 atom stereocenters. The summed E-state index contributed by atoms with van der Waals surface area (Å²) in [4.78, 5) is 18.0. The van der Waals surface area contributed by atoms with Crippen molar-refractivity contribution in [3.8, 4) is 0 Å². The van der Waals surface area contributed by atoms with E-state index in [0.29, 0.717) is 12.2 Å². The Hall–Kier alpha value is -1.73. The van der Waals surface area contributed by atoms with E-state index in [1.54, 1.807) is 11.3 Å². The summed E-state index contributed by atoms with van der Waals surface area (Å²) in [6, 6.07) is 0. The summed E-state index contributed by atoms with van der Waals surface area (Å²) in [6.45, 7) is 7.53. The molecule has 2 aromatic rings. The fourth-order valence-corrected chi connectivity index (χ4v) is 3.28. The fraction of sp³-hybridized carbons (Fsp3) is 0.500. The quantitative estimate of drug-likeness (QED) is 0.802. The summed E-state index contributed by atoms with van der Waals surface area (Å²) < 4.78 is 0. The van der Waals surface area contributed by atoms with Gasteiger partial charge in [-0.05, 0) is 20.8 Å². The van der Waals surface area contributed by atoms with Gasteiger partial charge in [0.1, 0.15) is 5.01 Å². The summed E-state index contributed by atoms with van der Waals surface area (Å²) in [6.07, 6.45) is 2.71. The molecule has 0 aliphatic carbocycles. The Bertz CT molecular complexity index is 673. The first-order valence-corrected chi connectivity index (χ1v) is 7.81. The number of nitrogens with zero attached hydrogens (tertiary/aromatic N) is 2. The van der Waals surface area contributed by atoms with Crippen LogP contribution in [0.15, 0.2) is 6.20 Å². The molecule has 2 aromatic heterocycles. The van der Waals surface area contributed by atoms with E-state index in [-0.39, 0.29) is 5.91 Å². The Morgan fingerprint density at radius 3 is 3.00 bits per heavy atom. The average Bonchev–Trinajstić information content (AvgIpc) is 3.04. The number of carbonyl (C=O) groups excluding carboxylic acids is 1. The van der Waals surface area contributed by atoms with Crippen LogP contribution in [0.25, 0.3) is 0 Å². The minimum Gasteiger partial charge on any atom is -0.339 e. The fourth-order valence-electron chi connectivity index (χ4n) is 2.45. The molecule has 0 radical (unpaired) electrons. The monoisotopic (exact) mass is 305 g/mol. The zero-order chi connectivity index (χ0) is 15.0. The maximum atomic E-state index is 12.5. The van der Waals surface area contributed by atoms with Crippen molar-refractivity contribution in [3.05, 3.63) is 33.0 Å². The zero-order valence-electron chi connectivity index (χ0n) is 12.4. The van der Waals surface area contributed by atoms with Gasteiger partial charge in [-0.3, -0.25) is 9.89 Å². The zero-order valence-corrected chi connectivity index (χ0v) is 13.2. The number of hydrogen-bond acceptors (Lipinski definition) is 5. The second-order valence-corrected chi connectivity index (χ2v) is 7.05. The van der Waals surface area contributed by atoms with Gasteiger partial charge < -0.3 is 10.6 Å². The predicted octanol–water partition coefficient (Wildman–Crippen LogP) is 1.49.